The van der Waals surface area contributed by atoms with Crippen molar-refractivity contribution in [3.05, 3.63) is 17.7 Å². The summed E-state index contributed by atoms with van der Waals surface area (Å²) in [5, 5.41) is 37.8. The highest BCUT2D eigenvalue weighted by molar-refractivity contribution is 5.85. The summed E-state index contributed by atoms with van der Waals surface area (Å²) in [5.74, 6) is -2.34. The van der Waals surface area contributed by atoms with E-state index in [1.807, 2.05) is 0 Å². The molecule has 2 rings (SSSR count). The fourth-order valence-corrected chi connectivity index (χ4v) is 2.41. The van der Waals surface area contributed by atoms with Gasteiger partial charge in [0.05, 0.1) is 5.56 Å². The molecule has 0 bridgehead atoms. The number of carboxylic acid groups (broad SMARTS) is 1. The molecule has 0 spiro atoms. The maximum Gasteiger partial charge on any atom is 0.314 e. The number of phenols is 3. The standard InChI is InChI=1S/C11H13NO5/c12-5-3-11(4-5,10(16)17)9-7(14)1-6(13)2-8(9)15/h1-2,5,13-15H,3-4,12H2,(H,16,17). The molecular weight excluding hydrogens is 226 g/mol. The highest BCUT2D eigenvalue weighted by Gasteiger charge is 2.53. The monoisotopic (exact) mass is 239 g/mol. The first-order chi connectivity index (χ1) is 7.86. The zero-order chi connectivity index (χ0) is 12.8. The van der Waals surface area contributed by atoms with Crippen molar-refractivity contribution in [3.8, 4) is 17.2 Å². The molecular formula is C11H13NO5. The summed E-state index contributed by atoms with van der Waals surface area (Å²) in [5.41, 5.74) is 4.14. The largest absolute Gasteiger partial charge is 0.508 e. The van der Waals surface area contributed by atoms with Crippen molar-refractivity contribution < 1.29 is 25.2 Å². The highest BCUT2D eigenvalue weighted by atomic mass is 16.4. The minimum atomic E-state index is -1.36. The zero-order valence-corrected chi connectivity index (χ0v) is 8.92. The van der Waals surface area contributed by atoms with Crippen molar-refractivity contribution in [1.29, 1.82) is 0 Å². The number of rotatable bonds is 2. The van der Waals surface area contributed by atoms with Crippen molar-refractivity contribution in [2.45, 2.75) is 24.3 Å². The second-order valence-electron chi connectivity index (χ2n) is 4.41. The lowest BCUT2D eigenvalue weighted by molar-refractivity contribution is -0.148. The van der Waals surface area contributed by atoms with E-state index >= 15 is 0 Å². The molecule has 0 unspecified atom stereocenters. The van der Waals surface area contributed by atoms with E-state index in [1.54, 1.807) is 0 Å². The summed E-state index contributed by atoms with van der Waals surface area (Å²) in [6, 6.07) is 1.74. The molecule has 0 heterocycles. The second kappa shape index (κ2) is 3.53. The van der Waals surface area contributed by atoms with Gasteiger partial charge in [-0.1, -0.05) is 0 Å². The summed E-state index contributed by atoms with van der Waals surface area (Å²) in [7, 11) is 0. The van der Waals surface area contributed by atoms with Crippen LogP contribution in [0.4, 0.5) is 0 Å². The van der Waals surface area contributed by atoms with Gasteiger partial charge >= 0.3 is 5.97 Å². The first-order valence-electron chi connectivity index (χ1n) is 5.11. The van der Waals surface area contributed by atoms with Crippen molar-refractivity contribution in [2.24, 2.45) is 5.73 Å². The Kier molecular flexibility index (Phi) is 2.39. The van der Waals surface area contributed by atoms with Crippen molar-refractivity contribution in [2.75, 3.05) is 0 Å². The highest BCUT2D eigenvalue weighted by Crippen LogP contribution is 2.51. The molecule has 0 atom stereocenters. The smallest absolute Gasteiger partial charge is 0.314 e. The number of benzene rings is 1. The first-order valence-corrected chi connectivity index (χ1v) is 5.11. The quantitative estimate of drug-likeness (QED) is 0.504. The van der Waals surface area contributed by atoms with Gasteiger partial charge in [-0.05, 0) is 12.8 Å². The average molecular weight is 239 g/mol. The molecule has 6 nitrogen and oxygen atoms in total. The van der Waals surface area contributed by atoms with Crippen LogP contribution in [0.15, 0.2) is 12.1 Å². The van der Waals surface area contributed by atoms with Crippen LogP contribution in [0.3, 0.4) is 0 Å². The van der Waals surface area contributed by atoms with Gasteiger partial charge in [0, 0.05) is 18.2 Å². The fourth-order valence-electron chi connectivity index (χ4n) is 2.41. The van der Waals surface area contributed by atoms with Crippen LogP contribution in [0.1, 0.15) is 18.4 Å². The molecule has 1 saturated carbocycles. The van der Waals surface area contributed by atoms with Gasteiger partial charge in [-0.15, -0.1) is 0 Å². The molecule has 6 N–H and O–H groups in total. The third kappa shape index (κ3) is 1.57. The third-order valence-corrected chi connectivity index (χ3v) is 3.19. The number of hydrogen-bond acceptors (Lipinski definition) is 5. The van der Waals surface area contributed by atoms with E-state index in [9.17, 15) is 25.2 Å². The van der Waals surface area contributed by atoms with E-state index in [2.05, 4.69) is 0 Å². The van der Waals surface area contributed by atoms with Crippen molar-refractivity contribution in [1.82, 2.24) is 0 Å². The van der Waals surface area contributed by atoms with Crippen LogP contribution < -0.4 is 5.73 Å². The predicted molar refractivity (Wildman–Crippen MR) is 58.0 cm³/mol. The van der Waals surface area contributed by atoms with E-state index in [-0.39, 0.29) is 30.2 Å². The number of aromatic hydroxyl groups is 3. The van der Waals surface area contributed by atoms with Crippen LogP contribution in [-0.2, 0) is 10.2 Å². The molecule has 0 amide bonds. The maximum absolute atomic E-state index is 11.3. The lowest BCUT2D eigenvalue weighted by Gasteiger charge is -2.43. The van der Waals surface area contributed by atoms with E-state index < -0.39 is 22.9 Å². The topological polar surface area (TPSA) is 124 Å². The van der Waals surface area contributed by atoms with Gasteiger partial charge < -0.3 is 26.2 Å². The molecule has 0 saturated heterocycles. The van der Waals surface area contributed by atoms with Crippen LogP contribution in [0, 0.1) is 0 Å². The molecule has 1 aliphatic rings. The molecule has 0 aliphatic heterocycles. The molecule has 17 heavy (non-hydrogen) atoms. The minimum absolute atomic E-state index is 0.0792. The molecule has 0 radical (unpaired) electrons. The summed E-state index contributed by atoms with van der Waals surface area (Å²) in [6.45, 7) is 0. The molecule has 1 aromatic carbocycles. The van der Waals surface area contributed by atoms with E-state index in [1.165, 1.54) is 0 Å². The van der Waals surface area contributed by atoms with E-state index in [0.29, 0.717) is 0 Å². The Morgan fingerprint density at radius 3 is 2.06 bits per heavy atom. The Morgan fingerprint density at radius 2 is 1.71 bits per heavy atom. The van der Waals surface area contributed by atoms with Crippen molar-refractivity contribution in [3.63, 3.8) is 0 Å². The lowest BCUT2D eigenvalue weighted by atomic mass is 9.61. The third-order valence-electron chi connectivity index (χ3n) is 3.19. The maximum atomic E-state index is 11.3. The van der Waals surface area contributed by atoms with E-state index in [4.69, 9.17) is 5.73 Å². The summed E-state index contributed by atoms with van der Waals surface area (Å²) in [4.78, 5) is 11.3. The lowest BCUT2D eigenvalue weighted by Crippen LogP contribution is -2.54. The second-order valence-corrected chi connectivity index (χ2v) is 4.41. The van der Waals surface area contributed by atoms with Crippen LogP contribution in [0.5, 0.6) is 17.2 Å². The van der Waals surface area contributed by atoms with Gasteiger partial charge in [-0.25, -0.2) is 0 Å². The van der Waals surface area contributed by atoms with Gasteiger partial charge in [0.1, 0.15) is 22.7 Å². The number of hydrogen-bond donors (Lipinski definition) is 5. The van der Waals surface area contributed by atoms with Gasteiger partial charge in [-0.2, -0.15) is 0 Å². The number of nitrogens with two attached hydrogens (primary N) is 1. The number of carbonyl (C=O) groups is 1. The molecule has 92 valence electrons. The van der Waals surface area contributed by atoms with Gasteiger partial charge in [0.15, 0.2) is 0 Å². The Balaban J connectivity index is 2.56. The van der Waals surface area contributed by atoms with Gasteiger partial charge in [-0.3, -0.25) is 4.79 Å². The first kappa shape index (κ1) is 11.5. The Labute approximate surface area is 96.9 Å². The normalized spacial score (nSPS) is 27.5. The van der Waals surface area contributed by atoms with E-state index in [0.717, 1.165) is 12.1 Å². The number of carboxylic acids is 1. The fraction of sp³-hybridized carbons (Fsp3) is 0.364. The molecule has 6 heteroatoms. The molecule has 1 aromatic rings. The number of phenolic OH excluding ortho intramolecular Hbond substituents is 3. The Bertz CT molecular complexity index is 456. The minimum Gasteiger partial charge on any atom is -0.508 e. The molecule has 1 aliphatic carbocycles. The summed E-state index contributed by atoms with van der Waals surface area (Å²) >= 11 is 0. The molecule has 1 fully saturated rings. The average Bonchev–Trinajstić information content (AvgIpc) is 2.12. The number of aliphatic carboxylic acids is 1. The summed E-state index contributed by atoms with van der Waals surface area (Å²) < 4.78 is 0. The van der Waals surface area contributed by atoms with Crippen LogP contribution in [0.2, 0.25) is 0 Å². The zero-order valence-electron chi connectivity index (χ0n) is 8.92. The van der Waals surface area contributed by atoms with Crippen LogP contribution >= 0.6 is 0 Å². The van der Waals surface area contributed by atoms with Crippen LogP contribution in [0.25, 0.3) is 0 Å². The SMILES string of the molecule is NC1CC(C(=O)O)(c2c(O)cc(O)cc2O)C1. The van der Waals surface area contributed by atoms with Crippen molar-refractivity contribution >= 4 is 5.97 Å². The molecule has 0 aromatic heterocycles. The predicted octanol–water partition coefficient (Wildman–Crippen LogP) is 0.247. The van der Waals surface area contributed by atoms with Gasteiger partial charge in [0.2, 0.25) is 0 Å². The van der Waals surface area contributed by atoms with Crippen LogP contribution in [-0.4, -0.2) is 32.4 Å². The van der Waals surface area contributed by atoms with Gasteiger partial charge in [0.25, 0.3) is 0 Å². The Morgan fingerprint density at radius 1 is 1.24 bits per heavy atom. The summed E-state index contributed by atoms with van der Waals surface area (Å²) in [6.07, 6.45) is 0.294. The Hall–Kier alpha value is -1.95.